The average molecular weight is 408 g/mol. The lowest BCUT2D eigenvalue weighted by Gasteiger charge is -2.47. The van der Waals surface area contributed by atoms with Crippen LogP contribution in [0.5, 0.6) is 0 Å². The lowest BCUT2D eigenvalue weighted by molar-refractivity contribution is 0.0519. The highest BCUT2D eigenvalue weighted by Crippen LogP contribution is 2.40. The number of amides is 1. The number of aromatic nitrogens is 2. The molecule has 2 aromatic rings. The molecule has 2 bridgehead atoms. The summed E-state index contributed by atoms with van der Waals surface area (Å²) in [6.07, 6.45) is 5.12. The van der Waals surface area contributed by atoms with Crippen LogP contribution in [0.2, 0.25) is 0 Å². The second-order valence-electron chi connectivity index (χ2n) is 9.04. The third-order valence-corrected chi connectivity index (χ3v) is 6.97. The molecule has 0 spiro atoms. The first-order valence-electron chi connectivity index (χ1n) is 11.0. The minimum absolute atomic E-state index is 0.0308. The average Bonchev–Trinajstić information content (AvgIpc) is 2.76. The van der Waals surface area contributed by atoms with Crippen LogP contribution in [0, 0.1) is 5.92 Å². The quantitative estimate of drug-likeness (QED) is 0.843. The molecular formula is C23H29N5O2. The van der Waals surface area contributed by atoms with E-state index in [4.69, 9.17) is 0 Å². The van der Waals surface area contributed by atoms with Crippen molar-refractivity contribution in [1.29, 1.82) is 0 Å². The van der Waals surface area contributed by atoms with E-state index < -0.39 is 0 Å². The number of carbonyl (C=O) groups is 1. The van der Waals surface area contributed by atoms with Gasteiger partial charge in [0, 0.05) is 49.6 Å². The van der Waals surface area contributed by atoms with E-state index >= 15 is 0 Å². The molecule has 158 valence electrons. The normalized spacial score (nSPS) is 25.0. The van der Waals surface area contributed by atoms with Crippen LogP contribution >= 0.6 is 0 Å². The van der Waals surface area contributed by atoms with Gasteiger partial charge in [0.15, 0.2) is 0 Å². The van der Waals surface area contributed by atoms with Crippen molar-refractivity contribution in [3.05, 3.63) is 58.3 Å². The zero-order chi connectivity index (χ0) is 20.7. The SMILES string of the molecule is CN1CCC(N2C[C@@H]3C[C@H](C2)c2c(NC(=O)c4ccccn4)ccc(=O)n2C3)CC1. The molecule has 2 saturated heterocycles. The maximum atomic E-state index is 12.7. The van der Waals surface area contributed by atoms with Crippen LogP contribution in [0.4, 0.5) is 5.69 Å². The Labute approximate surface area is 176 Å². The standard InChI is InChI=1S/C23H29N5O2/c1-26-10-7-18(8-11-26)27-13-16-12-17(15-27)22-19(5-6-21(29)28(22)14-16)25-23(30)20-4-2-3-9-24-20/h2-6,9,16-18H,7-8,10-15H2,1H3,(H,25,30)/t16-,17+/m0/s1. The molecule has 0 aliphatic carbocycles. The summed E-state index contributed by atoms with van der Waals surface area (Å²) in [5.41, 5.74) is 2.15. The second-order valence-corrected chi connectivity index (χ2v) is 9.04. The van der Waals surface area contributed by atoms with E-state index in [2.05, 4.69) is 27.1 Å². The first kappa shape index (κ1) is 19.5. The van der Waals surface area contributed by atoms with Gasteiger partial charge in [0.25, 0.3) is 11.5 Å². The van der Waals surface area contributed by atoms with Gasteiger partial charge in [-0.05, 0) is 63.5 Å². The molecule has 2 aromatic heterocycles. The van der Waals surface area contributed by atoms with Gasteiger partial charge < -0.3 is 14.8 Å². The van der Waals surface area contributed by atoms with Gasteiger partial charge in [-0.1, -0.05) is 6.07 Å². The number of hydrogen-bond acceptors (Lipinski definition) is 5. The Bertz CT molecular complexity index is 981. The minimum Gasteiger partial charge on any atom is -0.319 e. The van der Waals surface area contributed by atoms with E-state index in [1.807, 2.05) is 4.57 Å². The van der Waals surface area contributed by atoms with Gasteiger partial charge >= 0.3 is 0 Å². The molecule has 0 unspecified atom stereocenters. The summed E-state index contributed by atoms with van der Waals surface area (Å²) in [5, 5.41) is 3.03. The number of likely N-dealkylation sites (tertiary alicyclic amines) is 2. The van der Waals surface area contributed by atoms with E-state index in [0.29, 0.717) is 17.7 Å². The number of anilines is 1. The zero-order valence-electron chi connectivity index (χ0n) is 17.5. The molecule has 7 heteroatoms. The summed E-state index contributed by atoms with van der Waals surface area (Å²) in [7, 11) is 2.19. The van der Waals surface area contributed by atoms with Gasteiger partial charge in [-0.15, -0.1) is 0 Å². The van der Waals surface area contributed by atoms with Gasteiger partial charge in [0.2, 0.25) is 0 Å². The number of carbonyl (C=O) groups excluding carboxylic acids is 1. The summed E-state index contributed by atoms with van der Waals surface area (Å²) in [6.45, 7) is 5.07. The van der Waals surface area contributed by atoms with Crippen molar-refractivity contribution in [2.75, 3.05) is 38.5 Å². The van der Waals surface area contributed by atoms with Gasteiger partial charge in [-0.25, -0.2) is 0 Å². The largest absolute Gasteiger partial charge is 0.319 e. The molecule has 3 aliphatic heterocycles. The van der Waals surface area contributed by atoms with Crippen LogP contribution in [0.3, 0.4) is 0 Å². The van der Waals surface area contributed by atoms with Crippen molar-refractivity contribution in [3.63, 3.8) is 0 Å². The molecule has 0 aromatic carbocycles. The summed E-state index contributed by atoms with van der Waals surface area (Å²) in [4.78, 5) is 34.6. The lowest BCUT2D eigenvalue weighted by atomic mass is 9.81. The smallest absolute Gasteiger partial charge is 0.274 e. The Morgan fingerprint density at radius 3 is 2.70 bits per heavy atom. The Morgan fingerprint density at radius 1 is 1.10 bits per heavy atom. The number of piperidine rings is 2. The molecule has 2 atom stereocenters. The van der Waals surface area contributed by atoms with E-state index in [-0.39, 0.29) is 17.4 Å². The lowest BCUT2D eigenvalue weighted by Crippen LogP contribution is -2.53. The Morgan fingerprint density at radius 2 is 1.93 bits per heavy atom. The first-order chi connectivity index (χ1) is 14.6. The molecule has 30 heavy (non-hydrogen) atoms. The molecule has 7 nitrogen and oxygen atoms in total. The van der Waals surface area contributed by atoms with Crippen molar-refractivity contribution in [1.82, 2.24) is 19.4 Å². The molecule has 2 fully saturated rings. The monoisotopic (exact) mass is 407 g/mol. The van der Waals surface area contributed by atoms with Crippen LogP contribution in [-0.2, 0) is 6.54 Å². The van der Waals surface area contributed by atoms with Crippen LogP contribution in [0.15, 0.2) is 41.3 Å². The second kappa shape index (κ2) is 7.96. The van der Waals surface area contributed by atoms with Crippen molar-refractivity contribution in [2.45, 2.75) is 37.8 Å². The summed E-state index contributed by atoms with van der Waals surface area (Å²) >= 11 is 0. The molecule has 5 heterocycles. The van der Waals surface area contributed by atoms with Gasteiger partial charge in [0.05, 0.1) is 5.69 Å². The van der Waals surface area contributed by atoms with Crippen LogP contribution in [0.1, 0.15) is 41.4 Å². The highest BCUT2D eigenvalue weighted by molar-refractivity contribution is 6.03. The highest BCUT2D eigenvalue weighted by Gasteiger charge is 2.39. The first-order valence-corrected chi connectivity index (χ1v) is 11.0. The fourth-order valence-corrected chi connectivity index (χ4v) is 5.50. The third kappa shape index (κ3) is 3.68. The topological polar surface area (TPSA) is 70.5 Å². The molecule has 1 N–H and O–H groups in total. The predicted octanol–water partition coefficient (Wildman–Crippen LogP) is 2.01. The van der Waals surface area contributed by atoms with Crippen LogP contribution in [-0.4, -0.2) is 64.5 Å². The fourth-order valence-electron chi connectivity index (χ4n) is 5.50. The van der Waals surface area contributed by atoms with Gasteiger partial charge in [0.1, 0.15) is 5.69 Å². The van der Waals surface area contributed by atoms with Crippen molar-refractivity contribution < 1.29 is 4.79 Å². The zero-order valence-corrected chi connectivity index (χ0v) is 17.5. The third-order valence-electron chi connectivity index (χ3n) is 6.97. The van der Waals surface area contributed by atoms with Crippen molar-refractivity contribution in [3.8, 4) is 0 Å². The van der Waals surface area contributed by atoms with Crippen molar-refractivity contribution in [2.24, 2.45) is 5.92 Å². The van der Waals surface area contributed by atoms with Crippen LogP contribution < -0.4 is 10.9 Å². The van der Waals surface area contributed by atoms with Gasteiger partial charge in [-0.2, -0.15) is 0 Å². The Kier molecular flexibility index (Phi) is 5.16. The highest BCUT2D eigenvalue weighted by atomic mass is 16.2. The number of pyridine rings is 2. The molecule has 0 saturated carbocycles. The number of fused-ring (bicyclic) bond motifs is 4. The number of nitrogens with zero attached hydrogens (tertiary/aromatic N) is 4. The number of rotatable bonds is 3. The summed E-state index contributed by atoms with van der Waals surface area (Å²) in [5.74, 6) is 0.530. The van der Waals surface area contributed by atoms with E-state index in [0.717, 1.165) is 50.5 Å². The molecule has 1 amide bonds. The van der Waals surface area contributed by atoms with Crippen LogP contribution in [0.25, 0.3) is 0 Å². The van der Waals surface area contributed by atoms with Gasteiger partial charge in [-0.3, -0.25) is 19.5 Å². The van der Waals surface area contributed by atoms with E-state index in [1.54, 1.807) is 36.5 Å². The maximum absolute atomic E-state index is 12.7. The summed E-state index contributed by atoms with van der Waals surface area (Å²) < 4.78 is 1.90. The molecule has 0 radical (unpaired) electrons. The van der Waals surface area contributed by atoms with E-state index in [1.165, 1.54) is 12.8 Å². The summed E-state index contributed by atoms with van der Waals surface area (Å²) in [6, 6.07) is 9.27. The number of nitrogens with one attached hydrogen (secondary N) is 1. The predicted molar refractivity (Wildman–Crippen MR) is 116 cm³/mol. The Balaban J connectivity index is 1.42. The molecular weight excluding hydrogens is 378 g/mol. The number of hydrogen-bond donors (Lipinski definition) is 1. The Hall–Kier alpha value is -2.51. The van der Waals surface area contributed by atoms with E-state index in [9.17, 15) is 9.59 Å². The molecule has 3 aliphatic rings. The fraction of sp³-hybridized carbons (Fsp3) is 0.522. The van der Waals surface area contributed by atoms with Crippen molar-refractivity contribution >= 4 is 11.6 Å². The minimum atomic E-state index is -0.234. The maximum Gasteiger partial charge on any atom is 0.274 e. The molecule has 5 rings (SSSR count).